The Balaban J connectivity index is 1.84. The van der Waals surface area contributed by atoms with Gasteiger partial charge in [0.25, 0.3) is 11.5 Å². The van der Waals surface area contributed by atoms with Gasteiger partial charge < -0.3 is 24.2 Å². The molecule has 2 aromatic heterocycles. The van der Waals surface area contributed by atoms with Gasteiger partial charge in [0.15, 0.2) is 23.2 Å². The monoisotopic (exact) mass is 441 g/mol. The SMILES string of the molecule is COCC(NC(=O)c1cc(=O)[nH]c(-c2ccco2)n1)c1ccc(OC(F)(F)F)c(F)c1. The molecule has 0 spiro atoms. The van der Waals surface area contributed by atoms with E-state index in [2.05, 4.69) is 20.0 Å². The molecule has 8 nitrogen and oxygen atoms in total. The molecule has 12 heteroatoms. The zero-order valence-corrected chi connectivity index (χ0v) is 15.8. The fourth-order valence-corrected chi connectivity index (χ4v) is 2.67. The summed E-state index contributed by atoms with van der Waals surface area (Å²) in [7, 11) is 1.32. The van der Waals surface area contributed by atoms with Crippen molar-refractivity contribution in [1.82, 2.24) is 15.3 Å². The summed E-state index contributed by atoms with van der Waals surface area (Å²) in [6, 6.07) is 5.80. The zero-order valence-electron chi connectivity index (χ0n) is 15.8. The Morgan fingerprint density at radius 2 is 2.06 bits per heavy atom. The van der Waals surface area contributed by atoms with Gasteiger partial charge in [0.1, 0.15) is 5.69 Å². The maximum absolute atomic E-state index is 14.1. The number of hydrogen-bond donors (Lipinski definition) is 2. The number of carbonyl (C=O) groups is 1. The van der Waals surface area contributed by atoms with Gasteiger partial charge in [-0.05, 0) is 29.8 Å². The van der Waals surface area contributed by atoms with Crippen LogP contribution in [-0.4, -0.2) is 36.0 Å². The van der Waals surface area contributed by atoms with Crippen LogP contribution in [0.25, 0.3) is 11.6 Å². The third-order valence-corrected chi connectivity index (χ3v) is 3.95. The van der Waals surface area contributed by atoms with Crippen LogP contribution in [0.3, 0.4) is 0 Å². The average Bonchev–Trinajstić information content (AvgIpc) is 3.22. The Bertz CT molecular complexity index is 1110. The standard InChI is InChI=1S/C19H15F4N3O5/c1-29-9-13(10-4-5-14(11(20)7-10)31-19(21,22)23)25-18(28)12-8-16(27)26-17(24-12)15-3-2-6-30-15/h2-8,13H,9H2,1H3,(H,25,28)(H,24,26,27). The number of alkyl halides is 3. The Labute approximate surface area is 171 Å². The van der Waals surface area contributed by atoms with Crippen LogP contribution >= 0.6 is 0 Å². The predicted octanol–water partition coefficient (Wildman–Crippen LogP) is 3.19. The summed E-state index contributed by atoms with van der Waals surface area (Å²) >= 11 is 0. The molecule has 0 saturated carbocycles. The van der Waals surface area contributed by atoms with Crippen LogP contribution in [0.2, 0.25) is 0 Å². The summed E-state index contributed by atoms with van der Waals surface area (Å²) < 4.78 is 64.7. The van der Waals surface area contributed by atoms with Crippen LogP contribution in [0.15, 0.2) is 51.9 Å². The van der Waals surface area contributed by atoms with E-state index in [1.54, 1.807) is 6.07 Å². The number of nitrogens with one attached hydrogen (secondary N) is 2. The summed E-state index contributed by atoms with van der Waals surface area (Å²) in [6.45, 7) is -0.140. The number of H-pyrrole nitrogens is 1. The fraction of sp³-hybridized carbons (Fsp3) is 0.211. The first-order valence-electron chi connectivity index (χ1n) is 8.66. The number of aromatic amines is 1. The molecule has 1 amide bonds. The summed E-state index contributed by atoms with van der Waals surface area (Å²) in [6.07, 6.45) is -3.70. The molecule has 0 bridgehead atoms. The normalized spacial score (nSPS) is 12.4. The summed E-state index contributed by atoms with van der Waals surface area (Å²) in [5.74, 6) is -2.84. The highest BCUT2D eigenvalue weighted by Crippen LogP contribution is 2.28. The number of methoxy groups -OCH3 is 1. The summed E-state index contributed by atoms with van der Waals surface area (Å²) in [4.78, 5) is 31.0. The van der Waals surface area contributed by atoms with Gasteiger partial charge in [-0.1, -0.05) is 6.07 Å². The minimum absolute atomic E-state index is 0.0191. The van der Waals surface area contributed by atoms with E-state index in [1.165, 1.54) is 19.4 Å². The van der Waals surface area contributed by atoms with Crippen molar-refractivity contribution in [2.75, 3.05) is 13.7 Å². The number of rotatable bonds is 7. The second kappa shape index (κ2) is 9.00. The highest BCUT2D eigenvalue weighted by Gasteiger charge is 2.32. The van der Waals surface area contributed by atoms with Gasteiger partial charge in [-0.2, -0.15) is 0 Å². The number of halogens is 4. The number of nitrogens with zero attached hydrogens (tertiary/aromatic N) is 1. The minimum atomic E-state index is -5.06. The molecule has 164 valence electrons. The molecule has 0 aliphatic heterocycles. The van der Waals surface area contributed by atoms with E-state index in [9.17, 15) is 27.2 Å². The van der Waals surface area contributed by atoms with Crippen molar-refractivity contribution in [3.05, 3.63) is 70.1 Å². The lowest BCUT2D eigenvalue weighted by Crippen LogP contribution is -2.33. The van der Waals surface area contributed by atoms with Crippen molar-refractivity contribution in [2.24, 2.45) is 0 Å². The first kappa shape index (κ1) is 22.0. The molecule has 0 saturated heterocycles. The third kappa shape index (κ3) is 5.69. The van der Waals surface area contributed by atoms with E-state index in [4.69, 9.17) is 9.15 Å². The Morgan fingerprint density at radius 3 is 2.68 bits per heavy atom. The predicted molar refractivity (Wildman–Crippen MR) is 97.7 cm³/mol. The molecule has 0 aliphatic carbocycles. The van der Waals surface area contributed by atoms with Crippen LogP contribution in [0.1, 0.15) is 22.1 Å². The molecular formula is C19H15F4N3O5. The Hall–Kier alpha value is -3.67. The molecule has 1 unspecified atom stereocenters. The second-order valence-corrected chi connectivity index (χ2v) is 6.18. The highest BCUT2D eigenvalue weighted by molar-refractivity contribution is 5.92. The van der Waals surface area contributed by atoms with E-state index in [0.717, 1.165) is 24.3 Å². The molecule has 1 aromatic carbocycles. The zero-order chi connectivity index (χ0) is 22.6. The Kier molecular flexibility index (Phi) is 6.39. The smallest absolute Gasteiger partial charge is 0.461 e. The van der Waals surface area contributed by atoms with Crippen LogP contribution in [0.5, 0.6) is 5.75 Å². The van der Waals surface area contributed by atoms with Crippen LogP contribution in [0, 0.1) is 5.82 Å². The van der Waals surface area contributed by atoms with Gasteiger partial charge in [-0.3, -0.25) is 9.59 Å². The third-order valence-electron chi connectivity index (χ3n) is 3.95. The van der Waals surface area contributed by atoms with Crippen molar-refractivity contribution in [3.63, 3.8) is 0 Å². The maximum atomic E-state index is 14.1. The van der Waals surface area contributed by atoms with E-state index in [1.807, 2.05) is 0 Å². The van der Waals surface area contributed by atoms with Crippen molar-refractivity contribution in [2.45, 2.75) is 12.4 Å². The molecule has 0 radical (unpaired) electrons. The molecule has 0 fully saturated rings. The Morgan fingerprint density at radius 1 is 1.29 bits per heavy atom. The van der Waals surface area contributed by atoms with E-state index in [0.29, 0.717) is 0 Å². The fourth-order valence-electron chi connectivity index (χ4n) is 2.67. The van der Waals surface area contributed by atoms with Gasteiger partial charge in [0.2, 0.25) is 0 Å². The lowest BCUT2D eigenvalue weighted by Gasteiger charge is -2.19. The summed E-state index contributed by atoms with van der Waals surface area (Å²) in [5.41, 5.74) is -0.762. The van der Waals surface area contributed by atoms with Crippen molar-refractivity contribution >= 4 is 5.91 Å². The number of ether oxygens (including phenoxy) is 2. The topological polar surface area (TPSA) is 106 Å². The number of amides is 1. The van der Waals surface area contributed by atoms with E-state index < -0.39 is 35.4 Å². The molecule has 31 heavy (non-hydrogen) atoms. The van der Waals surface area contributed by atoms with Gasteiger partial charge in [-0.25, -0.2) is 9.37 Å². The van der Waals surface area contributed by atoms with Gasteiger partial charge in [0.05, 0.1) is 18.9 Å². The second-order valence-electron chi connectivity index (χ2n) is 6.18. The molecule has 2 heterocycles. The molecular weight excluding hydrogens is 426 g/mol. The molecule has 3 rings (SSSR count). The minimum Gasteiger partial charge on any atom is -0.461 e. The van der Waals surface area contributed by atoms with Crippen LogP contribution in [0.4, 0.5) is 17.6 Å². The van der Waals surface area contributed by atoms with Gasteiger partial charge in [-0.15, -0.1) is 13.2 Å². The maximum Gasteiger partial charge on any atom is 0.573 e. The number of benzene rings is 1. The number of carbonyl (C=O) groups excluding carboxylic acids is 1. The lowest BCUT2D eigenvalue weighted by molar-refractivity contribution is -0.275. The number of hydrogen-bond acceptors (Lipinski definition) is 6. The van der Waals surface area contributed by atoms with Gasteiger partial charge in [0, 0.05) is 13.2 Å². The van der Waals surface area contributed by atoms with E-state index in [-0.39, 0.29) is 29.4 Å². The molecule has 3 aromatic rings. The molecule has 0 aliphatic rings. The number of aromatic nitrogens is 2. The quantitative estimate of drug-likeness (QED) is 0.546. The van der Waals surface area contributed by atoms with E-state index >= 15 is 0 Å². The van der Waals surface area contributed by atoms with Crippen LogP contribution in [-0.2, 0) is 4.74 Å². The van der Waals surface area contributed by atoms with Crippen LogP contribution < -0.4 is 15.6 Å². The average molecular weight is 441 g/mol. The van der Waals surface area contributed by atoms with Crippen molar-refractivity contribution < 1.29 is 36.2 Å². The number of furan rings is 1. The van der Waals surface area contributed by atoms with Crippen molar-refractivity contribution in [3.8, 4) is 17.3 Å². The first-order valence-corrected chi connectivity index (χ1v) is 8.66. The highest BCUT2D eigenvalue weighted by atomic mass is 19.4. The molecule has 2 N–H and O–H groups in total. The molecule has 1 atom stereocenters. The lowest BCUT2D eigenvalue weighted by atomic mass is 10.1. The largest absolute Gasteiger partial charge is 0.573 e. The van der Waals surface area contributed by atoms with Gasteiger partial charge >= 0.3 is 6.36 Å². The summed E-state index contributed by atoms with van der Waals surface area (Å²) in [5, 5.41) is 2.51. The first-order chi connectivity index (χ1) is 14.7. The van der Waals surface area contributed by atoms with Crippen molar-refractivity contribution in [1.29, 1.82) is 0 Å².